The number of hydrogen-bond acceptors (Lipinski definition) is 3. The van der Waals surface area contributed by atoms with Crippen molar-refractivity contribution in [3.63, 3.8) is 0 Å². The average Bonchev–Trinajstić information content (AvgIpc) is 3.64. The minimum atomic E-state index is -0.0410. The fourth-order valence-corrected chi connectivity index (χ4v) is 7.28. The van der Waals surface area contributed by atoms with E-state index in [1.165, 1.54) is 27.6 Å². The molecule has 0 fully saturated rings. The topological polar surface area (TPSA) is 95.7 Å². The molecule has 2 aliphatic rings. The van der Waals surface area contributed by atoms with Gasteiger partial charge in [0, 0.05) is 52.6 Å². The van der Waals surface area contributed by atoms with Gasteiger partial charge in [0.2, 0.25) is 18.0 Å². The lowest BCUT2D eigenvalue weighted by atomic mass is 10.0. The Balaban J connectivity index is 0.891. The van der Waals surface area contributed by atoms with Crippen LogP contribution in [0.2, 0.25) is 0 Å². The Morgan fingerprint density at radius 2 is 1.40 bits per heavy atom. The van der Waals surface area contributed by atoms with E-state index in [1.54, 1.807) is 0 Å². The summed E-state index contributed by atoms with van der Waals surface area (Å²) in [5.41, 5.74) is 12.1. The molecule has 0 spiro atoms. The van der Waals surface area contributed by atoms with Crippen LogP contribution in [0.15, 0.2) is 85.2 Å². The number of hydrogen-bond donors (Lipinski definition) is 3. The molecular weight excluding hydrogens is 621 g/mol. The fraction of sp³-hybridized carbons (Fsp3) is 0.238. The maximum atomic E-state index is 13.1. The zero-order valence-corrected chi connectivity index (χ0v) is 29.0. The first-order chi connectivity index (χ1) is 24.2. The summed E-state index contributed by atoms with van der Waals surface area (Å²) < 4.78 is 4.08. The summed E-state index contributed by atoms with van der Waals surface area (Å²) in [6.45, 7) is 10.0. The van der Waals surface area contributed by atoms with Crippen molar-refractivity contribution in [3.8, 4) is 11.3 Å². The van der Waals surface area contributed by atoms with E-state index < -0.39 is 0 Å². The maximum Gasteiger partial charge on any atom is 0.286 e. The number of benzene rings is 4. The number of unbranched alkanes of at least 4 members (excludes halogenated alkanes) is 1. The third-order valence-corrected chi connectivity index (χ3v) is 10.2. The standard InChI is InChI=1S/C42H40N6O2/c1-25-17-31-33-21-47(37-13-7-5-11-29(37)41(33)45-35(31)19-27(25)3)23-39(49)43-15-9-10-16-44-40(50)24-48-22-34-32-18-26(2)28(4)20-36(32)46-42(34)30-12-6-8-14-38(30)48/h5-8,11-14,17-22H,9-10,15-16,23-24H2,1-4H3,(H2,43,44,49,50)/p+1. The van der Waals surface area contributed by atoms with Gasteiger partial charge in [-0.25, -0.2) is 4.98 Å². The van der Waals surface area contributed by atoms with Gasteiger partial charge in [-0.05, 0) is 99.2 Å². The molecule has 0 bridgehead atoms. The monoisotopic (exact) mass is 661 g/mol. The van der Waals surface area contributed by atoms with Gasteiger partial charge in [-0.3, -0.25) is 9.59 Å². The fourth-order valence-electron chi connectivity index (χ4n) is 7.28. The Morgan fingerprint density at radius 3 is 2.20 bits per heavy atom. The molecule has 0 saturated carbocycles. The number of H-pyrrole nitrogens is 1. The average molecular weight is 662 g/mol. The molecule has 3 N–H and O–H groups in total. The Labute approximate surface area is 290 Å². The van der Waals surface area contributed by atoms with Gasteiger partial charge in [-0.15, -0.1) is 0 Å². The first-order valence-electron chi connectivity index (χ1n) is 17.4. The lowest BCUT2D eigenvalue weighted by Crippen LogP contribution is -2.43. The molecule has 0 saturated heterocycles. The van der Waals surface area contributed by atoms with E-state index in [4.69, 9.17) is 4.98 Å². The number of amides is 2. The van der Waals surface area contributed by atoms with Crippen molar-refractivity contribution in [2.45, 2.75) is 53.6 Å². The molecule has 50 heavy (non-hydrogen) atoms. The number of para-hydroxylation sites is 2. The van der Waals surface area contributed by atoms with Gasteiger partial charge in [0.05, 0.1) is 33.0 Å². The van der Waals surface area contributed by atoms with Crippen molar-refractivity contribution in [2.75, 3.05) is 13.1 Å². The first kappa shape index (κ1) is 31.5. The molecule has 0 unspecified atom stereocenters. The van der Waals surface area contributed by atoms with Crippen molar-refractivity contribution in [2.24, 2.45) is 0 Å². The Kier molecular flexibility index (Phi) is 7.94. The van der Waals surface area contributed by atoms with Crippen LogP contribution < -0.4 is 15.2 Å². The van der Waals surface area contributed by atoms with Crippen LogP contribution >= 0.6 is 0 Å². The lowest BCUT2D eigenvalue weighted by Gasteiger charge is -2.15. The summed E-state index contributed by atoms with van der Waals surface area (Å²) in [6.07, 6.45) is 5.70. The van der Waals surface area contributed by atoms with E-state index in [9.17, 15) is 9.59 Å². The third-order valence-electron chi connectivity index (χ3n) is 10.2. The van der Waals surface area contributed by atoms with Crippen LogP contribution in [0.3, 0.4) is 0 Å². The Bertz CT molecular complexity index is 2550. The van der Waals surface area contributed by atoms with Gasteiger partial charge in [0.1, 0.15) is 6.54 Å². The molecule has 250 valence electrons. The summed E-state index contributed by atoms with van der Waals surface area (Å²) in [5.74, 6) is -0.0744. The third kappa shape index (κ3) is 5.60. The second kappa shape index (κ2) is 12.6. The number of aromatic amines is 1. The number of aryl methyl sites for hydroxylation is 4. The Morgan fingerprint density at radius 1 is 0.740 bits per heavy atom. The molecule has 4 heterocycles. The number of pyridine rings is 2. The van der Waals surface area contributed by atoms with E-state index in [1.807, 2.05) is 39.5 Å². The molecule has 2 aromatic heterocycles. The van der Waals surface area contributed by atoms with Crippen LogP contribution in [0.1, 0.15) is 35.1 Å². The summed E-state index contributed by atoms with van der Waals surface area (Å²) >= 11 is 0. The molecule has 0 aliphatic carbocycles. The molecule has 2 aliphatic heterocycles. The van der Waals surface area contributed by atoms with Gasteiger partial charge >= 0.3 is 0 Å². The molecule has 0 atom stereocenters. The minimum absolute atomic E-state index is 0.0334. The summed E-state index contributed by atoms with van der Waals surface area (Å²) in [7, 11) is 0. The largest absolute Gasteiger partial charge is 0.355 e. The van der Waals surface area contributed by atoms with E-state index in [0.29, 0.717) is 13.1 Å². The molecule has 0 radical (unpaired) electrons. The van der Waals surface area contributed by atoms with Crippen molar-refractivity contribution in [1.82, 2.24) is 25.2 Å². The van der Waals surface area contributed by atoms with Gasteiger partial charge < -0.3 is 20.2 Å². The molecule has 4 aromatic carbocycles. The van der Waals surface area contributed by atoms with Crippen LogP contribution in [-0.4, -0.2) is 39.4 Å². The highest BCUT2D eigenvalue weighted by Crippen LogP contribution is 2.37. The molecular formula is C42H41N6O2+. The summed E-state index contributed by atoms with van der Waals surface area (Å²) in [6, 6.07) is 25.1. The maximum absolute atomic E-state index is 13.1. The van der Waals surface area contributed by atoms with Crippen LogP contribution in [0.25, 0.3) is 65.8 Å². The van der Waals surface area contributed by atoms with Crippen LogP contribution in [-0.2, 0) is 22.7 Å². The predicted molar refractivity (Wildman–Crippen MR) is 202 cm³/mol. The van der Waals surface area contributed by atoms with Crippen molar-refractivity contribution in [1.29, 1.82) is 0 Å². The highest BCUT2D eigenvalue weighted by molar-refractivity contribution is 6.15. The Hall–Kier alpha value is -5.76. The summed E-state index contributed by atoms with van der Waals surface area (Å²) in [5, 5.41) is 11.7. The predicted octanol–water partition coefficient (Wildman–Crippen LogP) is 7.32. The number of nitrogens with one attached hydrogen (secondary N) is 3. The number of rotatable bonds is 9. The smallest absolute Gasteiger partial charge is 0.286 e. The quantitative estimate of drug-likeness (QED) is 0.112. The number of aromatic nitrogens is 4. The van der Waals surface area contributed by atoms with Crippen LogP contribution in [0.5, 0.6) is 0 Å². The number of fused-ring (bicyclic) bond motifs is 10. The molecule has 8 heteroatoms. The molecule has 8 rings (SSSR count). The molecule has 6 aromatic rings. The van der Waals surface area contributed by atoms with E-state index in [-0.39, 0.29) is 24.9 Å². The second-order valence-electron chi connectivity index (χ2n) is 13.7. The SMILES string of the molecule is Cc1cc2nc3c4ccccc4n(CC(=O)NCCCCNC(=O)C[n+]4cc5c6cc(C)c(C)cc6[nH]c5c5ccccc54)cc-3c2cc1C. The van der Waals surface area contributed by atoms with Gasteiger partial charge in [0.15, 0.2) is 6.20 Å². The molecule has 8 nitrogen and oxygen atoms in total. The molecule has 2 amide bonds. The van der Waals surface area contributed by atoms with Gasteiger partial charge in [-0.1, -0.05) is 30.3 Å². The second-order valence-corrected chi connectivity index (χ2v) is 13.7. The number of carbonyl (C=O) groups is 2. The van der Waals surface area contributed by atoms with E-state index in [2.05, 4.69) is 98.2 Å². The minimum Gasteiger partial charge on any atom is -0.355 e. The van der Waals surface area contributed by atoms with E-state index >= 15 is 0 Å². The van der Waals surface area contributed by atoms with Crippen LogP contribution in [0.4, 0.5) is 0 Å². The van der Waals surface area contributed by atoms with E-state index in [0.717, 1.165) is 73.2 Å². The van der Waals surface area contributed by atoms with Crippen molar-refractivity contribution < 1.29 is 14.2 Å². The van der Waals surface area contributed by atoms with Crippen LogP contribution in [0, 0.1) is 27.7 Å². The zero-order chi connectivity index (χ0) is 34.5. The number of carbonyl (C=O) groups excluding carboxylic acids is 2. The highest BCUT2D eigenvalue weighted by atomic mass is 16.2. The normalized spacial score (nSPS) is 11.8. The highest BCUT2D eigenvalue weighted by Gasteiger charge is 2.21. The lowest BCUT2D eigenvalue weighted by molar-refractivity contribution is -0.657. The van der Waals surface area contributed by atoms with Crippen molar-refractivity contribution >= 4 is 66.3 Å². The summed E-state index contributed by atoms with van der Waals surface area (Å²) in [4.78, 5) is 34.8. The van der Waals surface area contributed by atoms with Crippen molar-refractivity contribution in [3.05, 3.63) is 107 Å². The van der Waals surface area contributed by atoms with Gasteiger partial charge in [0.25, 0.3) is 5.91 Å². The first-order valence-corrected chi connectivity index (χ1v) is 17.4. The number of nitrogens with zero attached hydrogens (tertiary/aromatic N) is 3. The van der Waals surface area contributed by atoms with Gasteiger partial charge in [-0.2, -0.15) is 4.57 Å². The zero-order valence-electron chi connectivity index (χ0n) is 29.0.